The molecule has 0 aromatic carbocycles. The molecule has 2 N–H and O–H groups in total. The smallest absolute Gasteiger partial charge is 0.252 e. The van der Waals surface area contributed by atoms with E-state index in [0.29, 0.717) is 16.9 Å². The number of rotatable bonds is 5. The van der Waals surface area contributed by atoms with E-state index in [0.717, 1.165) is 11.6 Å². The van der Waals surface area contributed by atoms with Crippen molar-refractivity contribution in [3.63, 3.8) is 0 Å². The summed E-state index contributed by atoms with van der Waals surface area (Å²) in [7, 11) is 3.77. The molecular formula is C17H23N3O3. The number of nitrogens with one attached hydrogen (secondary N) is 1. The average Bonchev–Trinajstić information content (AvgIpc) is 2.84. The number of nitrogens with zero attached hydrogens (tertiary/aromatic N) is 2. The molecule has 0 spiro atoms. The summed E-state index contributed by atoms with van der Waals surface area (Å²) in [6.07, 6.45) is 1.52. The molecule has 2 aromatic rings. The minimum Gasteiger partial charge on any atom is -0.466 e. The van der Waals surface area contributed by atoms with E-state index in [9.17, 15) is 9.90 Å². The normalized spacial score (nSPS) is 13.5. The molecule has 1 amide bonds. The van der Waals surface area contributed by atoms with Gasteiger partial charge in [-0.25, -0.2) is 4.98 Å². The monoisotopic (exact) mass is 317 g/mol. The molecule has 0 fully saturated rings. The largest absolute Gasteiger partial charge is 0.466 e. The van der Waals surface area contributed by atoms with Gasteiger partial charge in [0, 0.05) is 25.9 Å². The summed E-state index contributed by atoms with van der Waals surface area (Å²) in [5.74, 6) is 1.88. The molecule has 0 radical (unpaired) electrons. The number of carbonyl (C=O) groups is 1. The molecule has 0 aliphatic rings. The van der Waals surface area contributed by atoms with Crippen LogP contribution < -0.4 is 10.2 Å². The molecule has 6 heteroatoms. The third kappa shape index (κ3) is 3.90. The predicted molar refractivity (Wildman–Crippen MR) is 88.7 cm³/mol. The van der Waals surface area contributed by atoms with Crippen molar-refractivity contribution in [3.8, 4) is 0 Å². The minimum absolute atomic E-state index is 0.0844. The topological polar surface area (TPSA) is 78.6 Å². The van der Waals surface area contributed by atoms with Crippen molar-refractivity contribution >= 4 is 11.7 Å². The van der Waals surface area contributed by atoms with Crippen LogP contribution in [0.1, 0.15) is 34.4 Å². The Bertz CT molecular complexity index is 688. The van der Waals surface area contributed by atoms with Gasteiger partial charge in [-0.3, -0.25) is 4.79 Å². The van der Waals surface area contributed by atoms with Crippen molar-refractivity contribution in [2.45, 2.75) is 26.4 Å². The second-order valence-corrected chi connectivity index (χ2v) is 6.08. The van der Waals surface area contributed by atoms with Gasteiger partial charge in [0.15, 0.2) is 0 Å². The molecule has 2 heterocycles. The number of aromatic nitrogens is 1. The highest BCUT2D eigenvalue weighted by Crippen LogP contribution is 2.26. The summed E-state index contributed by atoms with van der Waals surface area (Å²) >= 11 is 0. The number of aryl methyl sites for hydroxylation is 2. The van der Waals surface area contributed by atoms with Crippen LogP contribution >= 0.6 is 0 Å². The molecule has 0 saturated heterocycles. The van der Waals surface area contributed by atoms with Gasteiger partial charge in [-0.05, 0) is 39.0 Å². The van der Waals surface area contributed by atoms with Gasteiger partial charge >= 0.3 is 0 Å². The second-order valence-electron chi connectivity index (χ2n) is 6.08. The van der Waals surface area contributed by atoms with Crippen molar-refractivity contribution in [1.29, 1.82) is 0 Å². The highest BCUT2D eigenvalue weighted by atomic mass is 16.3. The molecular weight excluding hydrogens is 294 g/mol. The zero-order valence-corrected chi connectivity index (χ0v) is 14.2. The van der Waals surface area contributed by atoms with E-state index in [-0.39, 0.29) is 12.5 Å². The summed E-state index contributed by atoms with van der Waals surface area (Å²) in [5, 5.41) is 13.3. The number of anilines is 1. The van der Waals surface area contributed by atoms with E-state index >= 15 is 0 Å². The van der Waals surface area contributed by atoms with Gasteiger partial charge < -0.3 is 19.7 Å². The standard InChI is InChI=1S/C17H23N3O3/c1-11-8-14(12(2)23-11)17(3,22)10-19-16(21)13-6-7-15(18-9-13)20(4)5/h6-9,22H,10H2,1-5H3,(H,19,21). The zero-order chi connectivity index (χ0) is 17.2. The van der Waals surface area contributed by atoms with Gasteiger partial charge in [0.05, 0.1) is 12.1 Å². The van der Waals surface area contributed by atoms with Crippen LogP contribution in [-0.2, 0) is 5.60 Å². The summed E-state index contributed by atoms with van der Waals surface area (Å²) < 4.78 is 5.44. The quantitative estimate of drug-likeness (QED) is 0.882. The van der Waals surface area contributed by atoms with E-state index in [1.807, 2.05) is 25.9 Å². The van der Waals surface area contributed by atoms with Gasteiger partial charge in [-0.1, -0.05) is 0 Å². The van der Waals surface area contributed by atoms with E-state index in [1.165, 1.54) is 6.20 Å². The Morgan fingerprint density at radius 3 is 2.57 bits per heavy atom. The molecule has 1 unspecified atom stereocenters. The van der Waals surface area contributed by atoms with Crippen LogP contribution in [0.2, 0.25) is 0 Å². The van der Waals surface area contributed by atoms with Crippen molar-refractivity contribution in [2.24, 2.45) is 0 Å². The second kappa shape index (κ2) is 6.42. The summed E-state index contributed by atoms with van der Waals surface area (Å²) in [6, 6.07) is 5.27. The van der Waals surface area contributed by atoms with Gasteiger partial charge in [0.25, 0.3) is 5.91 Å². The number of pyridine rings is 1. The SMILES string of the molecule is Cc1cc(C(C)(O)CNC(=O)c2ccc(N(C)C)nc2)c(C)o1. The lowest BCUT2D eigenvalue weighted by Crippen LogP contribution is -2.38. The third-order valence-corrected chi connectivity index (χ3v) is 3.68. The number of furan rings is 1. The van der Waals surface area contributed by atoms with Gasteiger partial charge in [0.2, 0.25) is 0 Å². The van der Waals surface area contributed by atoms with Crippen LogP contribution in [0.15, 0.2) is 28.8 Å². The average molecular weight is 317 g/mol. The van der Waals surface area contributed by atoms with E-state index in [1.54, 1.807) is 32.0 Å². The lowest BCUT2D eigenvalue weighted by atomic mass is 9.96. The number of amides is 1. The third-order valence-electron chi connectivity index (χ3n) is 3.68. The van der Waals surface area contributed by atoms with Crippen LogP contribution in [0.5, 0.6) is 0 Å². The molecule has 0 aliphatic heterocycles. The van der Waals surface area contributed by atoms with Crippen molar-refractivity contribution in [1.82, 2.24) is 10.3 Å². The Morgan fingerprint density at radius 1 is 1.39 bits per heavy atom. The molecule has 2 rings (SSSR count). The summed E-state index contributed by atoms with van der Waals surface area (Å²) in [6.45, 7) is 5.35. The fraction of sp³-hybridized carbons (Fsp3) is 0.412. The molecule has 23 heavy (non-hydrogen) atoms. The van der Waals surface area contributed by atoms with E-state index < -0.39 is 5.60 Å². The maximum atomic E-state index is 12.2. The van der Waals surface area contributed by atoms with Crippen molar-refractivity contribution in [3.05, 3.63) is 47.0 Å². The Labute approximate surface area is 136 Å². The van der Waals surface area contributed by atoms with Crippen LogP contribution in [0, 0.1) is 13.8 Å². The first kappa shape index (κ1) is 17.0. The first-order chi connectivity index (χ1) is 10.7. The first-order valence-electron chi connectivity index (χ1n) is 7.42. The number of hydrogen-bond acceptors (Lipinski definition) is 5. The molecule has 2 aromatic heterocycles. The molecule has 6 nitrogen and oxygen atoms in total. The van der Waals surface area contributed by atoms with E-state index in [2.05, 4.69) is 10.3 Å². The number of hydrogen-bond donors (Lipinski definition) is 2. The van der Waals surface area contributed by atoms with Crippen molar-refractivity contribution < 1.29 is 14.3 Å². The summed E-state index contributed by atoms with van der Waals surface area (Å²) in [4.78, 5) is 18.3. The van der Waals surface area contributed by atoms with Gasteiger partial charge in [0.1, 0.15) is 22.9 Å². The van der Waals surface area contributed by atoms with Gasteiger partial charge in [-0.2, -0.15) is 0 Å². The first-order valence-corrected chi connectivity index (χ1v) is 7.42. The van der Waals surface area contributed by atoms with Crippen LogP contribution in [0.4, 0.5) is 5.82 Å². The fourth-order valence-electron chi connectivity index (χ4n) is 2.40. The molecule has 0 saturated carbocycles. The van der Waals surface area contributed by atoms with Crippen LogP contribution in [0.3, 0.4) is 0 Å². The summed E-state index contributed by atoms with van der Waals surface area (Å²) in [5.41, 5.74) is -0.0722. The molecule has 0 bridgehead atoms. The van der Waals surface area contributed by atoms with Crippen LogP contribution in [0.25, 0.3) is 0 Å². The Balaban J connectivity index is 2.04. The Hall–Kier alpha value is -2.34. The maximum Gasteiger partial charge on any atom is 0.252 e. The lowest BCUT2D eigenvalue weighted by Gasteiger charge is -2.23. The fourth-order valence-corrected chi connectivity index (χ4v) is 2.40. The highest BCUT2D eigenvalue weighted by Gasteiger charge is 2.28. The minimum atomic E-state index is -1.20. The highest BCUT2D eigenvalue weighted by molar-refractivity contribution is 5.94. The lowest BCUT2D eigenvalue weighted by molar-refractivity contribution is 0.0514. The Morgan fingerprint density at radius 2 is 2.09 bits per heavy atom. The van der Waals surface area contributed by atoms with E-state index in [4.69, 9.17) is 4.42 Å². The molecule has 124 valence electrons. The predicted octanol–water partition coefficient (Wildman–Crippen LogP) is 1.99. The van der Waals surface area contributed by atoms with Crippen LogP contribution in [-0.4, -0.2) is 36.6 Å². The van der Waals surface area contributed by atoms with Crippen molar-refractivity contribution in [2.75, 3.05) is 25.5 Å². The number of carbonyl (C=O) groups excluding carboxylic acids is 1. The Kier molecular flexibility index (Phi) is 4.75. The maximum absolute atomic E-state index is 12.2. The zero-order valence-electron chi connectivity index (χ0n) is 14.2. The van der Waals surface area contributed by atoms with Gasteiger partial charge in [-0.15, -0.1) is 0 Å². The number of aliphatic hydroxyl groups is 1. The molecule has 0 aliphatic carbocycles. The molecule has 1 atom stereocenters.